The maximum absolute atomic E-state index is 12.4. The van der Waals surface area contributed by atoms with Crippen LogP contribution in [-0.2, 0) is 6.54 Å². The van der Waals surface area contributed by atoms with Gasteiger partial charge in [0.05, 0.1) is 17.1 Å². The van der Waals surface area contributed by atoms with Crippen LogP contribution in [0.1, 0.15) is 12.5 Å². The van der Waals surface area contributed by atoms with Gasteiger partial charge in [-0.1, -0.05) is 12.1 Å². The molecule has 1 aromatic carbocycles. The van der Waals surface area contributed by atoms with Crippen molar-refractivity contribution in [1.29, 1.82) is 0 Å². The lowest BCUT2D eigenvalue weighted by Gasteiger charge is -2.10. The third-order valence-electron chi connectivity index (χ3n) is 3.26. The summed E-state index contributed by atoms with van der Waals surface area (Å²) in [4.78, 5) is 20.8. The second kappa shape index (κ2) is 6.17. The number of pyridine rings is 1. The van der Waals surface area contributed by atoms with Crippen molar-refractivity contribution >= 4 is 23.1 Å². The summed E-state index contributed by atoms with van der Waals surface area (Å²) in [6.07, 6.45) is 5.04. The Morgan fingerprint density at radius 1 is 1.23 bits per heavy atom. The lowest BCUT2D eigenvalue weighted by atomic mass is 10.2. The zero-order valence-electron chi connectivity index (χ0n) is 12.1. The van der Waals surface area contributed by atoms with Crippen molar-refractivity contribution in [2.24, 2.45) is 5.10 Å². The molecule has 0 aliphatic carbocycles. The van der Waals surface area contributed by atoms with Gasteiger partial charge < -0.3 is 0 Å². The molecule has 0 bridgehead atoms. The van der Waals surface area contributed by atoms with E-state index in [1.807, 2.05) is 37.3 Å². The first-order valence-corrected chi connectivity index (χ1v) is 6.98. The molecular formula is C16H15N5O. The van der Waals surface area contributed by atoms with Gasteiger partial charge in [0, 0.05) is 18.9 Å². The monoisotopic (exact) mass is 293 g/mol. The molecule has 6 heteroatoms. The van der Waals surface area contributed by atoms with Gasteiger partial charge in [-0.25, -0.2) is 10.4 Å². The molecule has 2 aromatic heterocycles. The number of nitrogens with one attached hydrogen (secondary N) is 1. The summed E-state index contributed by atoms with van der Waals surface area (Å²) in [7, 11) is 0. The number of hydrogen-bond donors (Lipinski definition) is 1. The largest absolute Gasteiger partial charge is 0.277 e. The molecule has 0 unspecified atom stereocenters. The number of hydrogen-bond acceptors (Lipinski definition) is 5. The van der Waals surface area contributed by atoms with Crippen LogP contribution in [0.4, 0.5) is 5.95 Å². The Balaban J connectivity index is 1.96. The number of benzene rings is 1. The highest BCUT2D eigenvalue weighted by Gasteiger charge is 2.08. The second-order valence-electron chi connectivity index (χ2n) is 4.65. The SMILES string of the molecule is CCn1c(N/N=C\c2ccncc2)nc2ccccc2c1=O. The molecule has 3 aromatic rings. The van der Waals surface area contributed by atoms with Crippen molar-refractivity contribution < 1.29 is 0 Å². The molecule has 3 rings (SSSR count). The summed E-state index contributed by atoms with van der Waals surface area (Å²) >= 11 is 0. The van der Waals surface area contributed by atoms with Gasteiger partial charge in [0.15, 0.2) is 0 Å². The highest BCUT2D eigenvalue weighted by Crippen LogP contribution is 2.11. The Hall–Kier alpha value is -3.02. The van der Waals surface area contributed by atoms with Crippen LogP contribution in [0.15, 0.2) is 58.7 Å². The molecular weight excluding hydrogens is 278 g/mol. The molecule has 1 N–H and O–H groups in total. The van der Waals surface area contributed by atoms with Crippen LogP contribution in [-0.4, -0.2) is 20.7 Å². The summed E-state index contributed by atoms with van der Waals surface area (Å²) in [5, 5.41) is 4.75. The van der Waals surface area contributed by atoms with E-state index in [0.29, 0.717) is 23.4 Å². The molecule has 0 amide bonds. The predicted octanol–water partition coefficient (Wildman–Crippen LogP) is 2.26. The van der Waals surface area contributed by atoms with E-state index in [-0.39, 0.29) is 5.56 Å². The molecule has 0 radical (unpaired) electrons. The summed E-state index contributed by atoms with van der Waals surface area (Å²) in [6.45, 7) is 2.42. The minimum atomic E-state index is -0.0743. The highest BCUT2D eigenvalue weighted by atomic mass is 16.1. The van der Waals surface area contributed by atoms with Crippen molar-refractivity contribution in [3.8, 4) is 0 Å². The van der Waals surface area contributed by atoms with E-state index in [9.17, 15) is 4.79 Å². The van der Waals surface area contributed by atoms with Crippen LogP contribution >= 0.6 is 0 Å². The zero-order valence-corrected chi connectivity index (χ0v) is 12.1. The van der Waals surface area contributed by atoms with Gasteiger partial charge in [-0.05, 0) is 36.8 Å². The van der Waals surface area contributed by atoms with Crippen LogP contribution in [0.25, 0.3) is 10.9 Å². The van der Waals surface area contributed by atoms with Crippen molar-refractivity contribution in [2.45, 2.75) is 13.5 Å². The molecule has 0 fully saturated rings. The average Bonchev–Trinajstić information content (AvgIpc) is 2.56. The second-order valence-corrected chi connectivity index (χ2v) is 4.65. The summed E-state index contributed by atoms with van der Waals surface area (Å²) in [6, 6.07) is 11.0. The summed E-state index contributed by atoms with van der Waals surface area (Å²) in [5.41, 5.74) is 4.33. The summed E-state index contributed by atoms with van der Waals surface area (Å²) < 4.78 is 1.56. The maximum Gasteiger partial charge on any atom is 0.262 e. The van der Waals surface area contributed by atoms with Gasteiger partial charge in [-0.2, -0.15) is 5.10 Å². The Morgan fingerprint density at radius 2 is 2.00 bits per heavy atom. The number of anilines is 1. The van der Waals surface area contributed by atoms with Gasteiger partial charge in [0.2, 0.25) is 5.95 Å². The molecule has 22 heavy (non-hydrogen) atoms. The van der Waals surface area contributed by atoms with Crippen molar-refractivity contribution in [3.05, 3.63) is 64.7 Å². The third kappa shape index (κ3) is 2.71. The number of para-hydroxylation sites is 1. The van der Waals surface area contributed by atoms with Crippen LogP contribution in [0.2, 0.25) is 0 Å². The molecule has 2 heterocycles. The highest BCUT2D eigenvalue weighted by molar-refractivity contribution is 5.80. The van der Waals surface area contributed by atoms with Gasteiger partial charge in [0.25, 0.3) is 5.56 Å². The fourth-order valence-corrected chi connectivity index (χ4v) is 2.16. The molecule has 0 spiro atoms. The minimum absolute atomic E-state index is 0.0743. The fourth-order valence-electron chi connectivity index (χ4n) is 2.16. The first-order valence-electron chi connectivity index (χ1n) is 6.98. The Morgan fingerprint density at radius 3 is 2.77 bits per heavy atom. The van der Waals surface area contributed by atoms with E-state index in [1.165, 1.54) is 0 Å². The van der Waals surface area contributed by atoms with E-state index < -0.39 is 0 Å². The van der Waals surface area contributed by atoms with E-state index in [1.54, 1.807) is 29.2 Å². The smallest absolute Gasteiger partial charge is 0.262 e. The Labute approximate surface area is 127 Å². The summed E-state index contributed by atoms with van der Waals surface area (Å²) in [5.74, 6) is 0.427. The van der Waals surface area contributed by atoms with Crippen molar-refractivity contribution in [1.82, 2.24) is 14.5 Å². The lowest BCUT2D eigenvalue weighted by Crippen LogP contribution is -2.23. The molecule has 0 saturated carbocycles. The Kier molecular flexibility index (Phi) is 3.91. The number of aromatic nitrogens is 3. The number of fused-ring (bicyclic) bond motifs is 1. The van der Waals surface area contributed by atoms with Crippen LogP contribution in [0, 0.1) is 0 Å². The predicted molar refractivity (Wildman–Crippen MR) is 87.1 cm³/mol. The number of nitrogens with zero attached hydrogens (tertiary/aromatic N) is 4. The van der Waals surface area contributed by atoms with Crippen LogP contribution in [0.3, 0.4) is 0 Å². The van der Waals surface area contributed by atoms with Gasteiger partial charge in [-0.15, -0.1) is 0 Å². The third-order valence-corrected chi connectivity index (χ3v) is 3.26. The standard InChI is InChI=1S/C16H15N5O/c1-2-21-15(22)13-5-3-4-6-14(13)19-16(21)20-18-11-12-7-9-17-10-8-12/h3-11H,2H2,1H3,(H,19,20)/b18-11-. The lowest BCUT2D eigenvalue weighted by molar-refractivity contribution is 0.724. The quantitative estimate of drug-likeness (QED) is 0.591. The van der Waals surface area contributed by atoms with Crippen molar-refractivity contribution in [2.75, 3.05) is 5.43 Å². The van der Waals surface area contributed by atoms with Gasteiger partial charge in [-0.3, -0.25) is 14.3 Å². The van der Waals surface area contributed by atoms with E-state index in [2.05, 4.69) is 20.5 Å². The maximum atomic E-state index is 12.4. The van der Waals surface area contributed by atoms with E-state index >= 15 is 0 Å². The average molecular weight is 293 g/mol. The Bertz CT molecular complexity index is 871. The van der Waals surface area contributed by atoms with Crippen LogP contribution in [0.5, 0.6) is 0 Å². The molecule has 6 nitrogen and oxygen atoms in total. The van der Waals surface area contributed by atoms with E-state index in [0.717, 1.165) is 5.56 Å². The fraction of sp³-hybridized carbons (Fsp3) is 0.125. The zero-order chi connectivity index (χ0) is 15.4. The van der Waals surface area contributed by atoms with Crippen LogP contribution < -0.4 is 11.0 Å². The van der Waals surface area contributed by atoms with Gasteiger partial charge in [0.1, 0.15) is 0 Å². The molecule has 0 aliphatic heterocycles. The number of rotatable bonds is 4. The van der Waals surface area contributed by atoms with Crippen molar-refractivity contribution in [3.63, 3.8) is 0 Å². The number of hydrazone groups is 1. The first kappa shape index (κ1) is 13.9. The first-order chi connectivity index (χ1) is 10.8. The molecule has 0 aliphatic rings. The minimum Gasteiger partial charge on any atom is -0.277 e. The van der Waals surface area contributed by atoms with E-state index in [4.69, 9.17) is 0 Å². The molecule has 110 valence electrons. The topological polar surface area (TPSA) is 72.2 Å². The molecule has 0 atom stereocenters. The molecule has 0 saturated heterocycles. The normalized spacial score (nSPS) is 11.1. The van der Waals surface area contributed by atoms with Gasteiger partial charge >= 0.3 is 0 Å².